The minimum atomic E-state index is -0.0113. The highest BCUT2D eigenvalue weighted by atomic mass is 14.5. The third kappa shape index (κ3) is 10.7. The number of anilines is 2. The van der Waals surface area contributed by atoms with Gasteiger partial charge >= 0.3 is 0 Å². The van der Waals surface area contributed by atoms with Crippen molar-refractivity contribution in [1.29, 1.82) is 0 Å². The van der Waals surface area contributed by atoms with E-state index >= 15 is 0 Å². The highest BCUT2D eigenvalue weighted by Gasteiger charge is 2.42. The van der Waals surface area contributed by atoms with Gasteiger partial charge in [-0.3, -0.25) is 0 Å². The number of unbranched alkanes of at least 4 members (excludes halogenated alkanes) is 6. The summed E-state index contributed by atoms with van der Waals surface area (Å²) in [6, 6.07) is 39.4. The van der Waals surface area contributed by atoms with Gasteiger partial charge in [-0.05, 0) is 105 Å². The maximum Gasteiger partial charge on any atom is 0.0314 e. The lowest BCUT2D eigenvalue weighted by Crippen LogP contribution is -2.25. The van der Waals surface area contributed by atoms with Crippen molar-refractivity contribution in [3.63, 3.8) is 0 Å². The molecule has 2 aliphatic carbocycles. The van der Waals surface area contributed by atoms with E-state index in [-0.39, 0.29) is 10.8 Å². The van der Waals surface area contributed by atoms with Crippen molar-refractivity contribution in [2.45, 2.75) is 96.8 Å². The van der Waals surface area contributed by atoms with Crippen molar-refractivity contribution < 1.29 is 0 Å². The van der Waals surface area contributed by atoms with E-state index in [0.717, 1.165) is 23.4 Å². The maximum absolute atomic E-state index is 5.90. The van der Waals surface area contributed by atoms with E-state index < -0.39 is 0 Å². The van der Waals surface area contributed by atoms with Gasteiger partial charge in [0.2, 0.25) is 0 Å². The molecule has 0 heterocycles. The van der Waals surface area contributed by atoms with Gasteiger partial charge in [0.25, 0.3) is 0 Å². The van der Waals surface area contributed by atoms with Crippen LogP contribution in [-0.2, 0) is 5.41 Å². The van der Waals surface area contributed by atoms with Crippen LogP contribution in [0.25, 0.3) is 47.6 Å². The fourth-order valence-corrected chi connectivity index (χ4v) is 8.91. The van der Waals surface area contributed by atoms with E-state index in [0.29, 0.717) is 0 Å². The molecular formula is C58H64N2. The number of hydrogen-bond acceptors (Lipinski definition) is 2. The van der Waals surface area contributed by atoms with Gasteiger partial charge in [0.1, 0.15) is 0 Å². The molecule has 2 aliphatic rings. The van der Waals surface area contributed by atoms with Crippen LogP contribution in [0.3, 0.4) is 0 Å². The first kappa shape index (κ1) is 42.3. The third-order valence-corrected chi connectivity index (χ3v) is 12.6. The molecule has 2 nitrogen and oxygen atoms in total. The van der Waals surface area contributed by atoms with Crippen molar-refractivity contribution >= 4 is 47.8 Å². The van der Waals surface area contributed by atoms with Gasteiger partial charge in [-0.15, -0.1) is 0 Å². The van der Waals surface area contributed by atoms with Gasteiger partial charge in [0, 0.05) is 22.2 Å². The second-order valence-corrected chi connectivity index (χ2v) is 17.4. The molecule has 0 fully saturated rings. The molecule has 1 atom stereocenters. The van der Waals surface area contributed by atoms with Gasteiger partial charge in [-0.25, -0.2) is 0 Å². The first-order valence-corrected chi connectivity index (χ1v) is 22.5. The zero-order valence-electron chi connectivity index (χ0n) is 36.2. The topological polar surface area (TPSA) is 52.0 Å². The minimum Gasteiger partial charge on any atom is -0.399 e. The van der Waals surface area contributed by atoms with Crippen molar-refractivity contribution in [3.05, 3.63) is 190 Å². The molecule has 0 saturated heterocycles. The third-order valence-electron chi connectivity index (χ3n) is 12.6. The molecule has 5 aromatic carbocycles. The molecule has 1 unspecified atom stereocenters. The number of hydrogen-bond donors (Lipinski definition) is 2. The standard InChI is InChI=1S/C58H64N2/c1-4-6-8-10-37-58(38-11-9-7-5-2)55-42-49(20-18-45-14-12-44(13-15-45)16-17-46-22-28-51(59)29-23-46)26-32-53(55)54-33-27-50(43-56(54)58)21-19-48-35-40-57(3,41-36-48)39-34-47-24-30-52(60)31-25-47/h12-36,39-40,42-43H,4-11,37-38,41,59-60H2,1-3H3/b17-16+,20-18+,21-19+,39-34+. The van der Waals surface area contributed by atoms with E-state index in [2.05, 4.69) is 160 Å². The Hall–Kier alpha value is -5.86. The van der Waals surface area contributed by atoms with E-state index in [9.17, 15) is 0 Å². The molecule has 2 heteroatoms. The fourth-order valence-electron chi connectivity index (χ4n) is 8.91. The van der Waals surface area contributed by atoms with Crippen LogP contribution >= 0.6 is 0 Å². The fraction of sp³-hybridized carbons (Fsp3) is 0.276. The molecule has 306 valence electrons. The number of benzene rings is 5. The smallest absolute Gasteiger partial charge is 0.0314 e. The minimum absolute atomic E-state index is 0.0113. The van der Waals surface area contributed by atoms with Crippen LogP contribution in [0.4, 0.5) is 11.4 Å². The number of fused-ring (bicyclic) bond motifs is 3. The molecule has 0 bridgehead atoms. The molecule has 0 aliphatic heterocycles. The zero-order valence-corrected chi connectivity index (χ0v) is 36.2. The molecular weight excluding hydrogens is 725 g/mol. The lowest BCUT2D eigenvalue weighted by molar-refractivity contribution is 0.401. The number of allylic oxidation sites excluding steroid dienone is 6. The van der Waals surface area contributed by atoms with E-state index in [1.165, 1.54) is 120 Å². The predicted molar refractivity (Wildman–Crippen MR) is 264 cm³/mol. The Morgan fingerprint density at radius 3 is 1.35 bits per heavy atom. The molecule has 7 rings (SSSR count). The summed E-state index contributed by atoms with van der Waals surface area (Å²) in [6.07, 6.45) is 38.6. The quantitative estimate of drug-likeness (QED) is 0.0528. The van der Waals surface area contributed by atoms with E-state index in [4.69, 9.17) is 11.5 Å². The van der Waals surface area contributed by atoms with E-state index in [1.807, 2.05) is 36.4 Å². The summed E-state index contributed by atoms with van der Waals surface area (Å²) < 4.78 is 0. The first-order valence-electron chi connectivity index (χ1n) is 22.5. The molecule has 60 heavy (non-hydrogen) atoms. The van der Waals surface area contributed by atoms with Crippen molar-refractivity contribution in [2.75, 3.05) is 11.5 Å². The Morgan fingerprint density at radius 2 is 0.900 bits per heavy atom. The van der Waals surface area contributed by atoms with Crippen LogP contribution in [0, 0.1) is 5.41 Å². The number of nitrogens with two attached hydrogens (primary N) is 2. The lowest BCUT2D eigenvalue weighted by Gasteiger charge is -2.33. The number of rotatable bonds is 18. The molecule has 0 radical (unpaired) electrons. The Kier molecular flexibility index (Phi) is 14.0. The second-order valence-electron chi connectivity index (χ2n) is 17.4. The van der Waals surface area contributed by atoms with Crippen LogP contribution < -0.4 is 11.5 Å². The highest BCUT2D eigenvalue weighted by Crippen LogP contribution is 2.55. The highest BCUT2D eigenvalue weighted by molar-refractivity contribution is 5.84. The Balaban J connectivity index is 1.13. The first-order chi connectivity index (χ1) is 29.3. The van der Waals surface area contributed by atoms with Gasteiger partial charge in [0.05, 0.1) is 0 Å². The van der Waals surface area contributed by atoms with Crippen molar-refractivity contribution in [1.82, 2.24) is 0 Å². The monoisotopic (exact) mass is 789 g/mol. The summed E-state index contributed by atoms with van der Waals surface area (Å²) in [5.41, 5.74) is 27.8. The van der Waals surface area contributed by atoms with Crippen LogP contribution in [0.1, 0.15) is 136 Å². The number of nitrogen functional groups attached to an aromatic ring is 2. The molecule has 0 aromatic heterocycles. The summed E-state index contributed by atoms with van der Waals surface area (Å²) in [6.45, 7) is 6.94. The second kappa shape index (κ2) is 19.9. The maximum atomic E-state index is 5.90. The lowest BCUT2D eigenvalue weighted by atomic mass is 9.70. The summed E-state index contributed by atoms with van der Waals surface area (Å²) >= 11 is 0. The van der Waals surface area contributed by atoms with Gasteiger partial charge < -0.3 is 11.5 Å². The molecule has 4 N–H and O–H groups in total. The Labute approximate surface area is 360 Å². The van der Waals surface area contributed by atoms with Crippen LogP contribution in [0.15, 0.2) is 145 Å². The summed E-state index contributed by atoms with van der Waals surface area (Å²) in [4.78, 5) is 0. The van der Waals surface area contributed by atoms with Gasteiger partial charge in [-0.2, -0.15) is 0 Å². The molecule has 0 amide bonds. The van der Waals surface area contributed by atoms with Crippen LogP contribution in [0.2, 0.25) is 0 Å². The summed E-state index contributed by atoms with van der Waals surface area (Å²) in [5, 5.41) is 0. The van der Waals surface area contributed by atoms with Gasteiger partial charge in [0.15, 0.2) is 0 Å². The average molecular weight is 789 g/mol. The van der Waals surface area contributed by atoms with Crippen LogP contribution in [0.5, 0.6) is 0 Å². The molecule has 0 spiro atoms. The van der Waals surface area contributed by atoms with E-state index in [1.54, 1.807) is 0 Å². The van der Waals surface area contributed by atoms with Crippen LogP contribution in [-0.4, -0.2) is 0 Å². The SMILES string of the molecule is CCCCCCC1(CCCCCC)c2cc(/C=C/C3=CCC(C)(/C=C/c4ccc(N)cc4)C=C3)ccc2-c2ccc(/C=C/c3ccc(/C=C/c4ccc(N)cc4)cc3)cc21. The largest absolute Gasteiger partial charge is 0.399 e. The predicted octanol–water partition coefficient (Wildman–Crippen LogP) is 16.0. The average Bonchev–Trinajstić information content (AvgIpc) is 3.53. The molecule has 5 aromatic rings. The van der Waals surface area contributed by atoms with Crippen molar-refractivity contribution in [2.24, 2.45) is 5.41 Å². The Morgan fingerprint density at radius 1 is 0.483 bits per heavy atom. The van der Waals surface area contributed by atoms with Gasteiger partial charge in [-0.1, -0.05) is 224 Å². The zero-order chi connectivity index (χ0) is 41.8. The summed E-state index contributed by atoms with van der Waals surface area (Å²) in [5.74, 6) is 0. The van der Waals surface area contributed by atoms with Crippen molar-refractivity contribution in [3.8, 4) is 11.1 Å². The summed E-state index contributed by atoms with van der Waals surface area (Å²) in [7, 11) is 0. The normalized spacial score (nSPS) is 16.9. The molecule has 0 saturated carbocycles. The Bertz CT molecular complexity index is 2370.